The number of aromatic amines is 1. The third kappa shape index (κ3) is 7.48. The second-order valence-electron chi connectivity index (χ2n) is 13.7. The van der Waals surface area contributed by atoms with E-state index in [4.69, 9.17) is 4.74 Å². The van der Waals surface area contributed by atoms with Gasteiger partial charge in [0.15, 0.2) is 0 Å². The van der Waals surface area contributed by atoms with Crippen LogP contribution in [0.5, 0.6) is 0 Å². The fourth-order valence-electron chi connectivity index (χ4n) is 8.13. The molecule has 0 unspecified atom stereocenters. The zero-order valence-corrected chi connectivity index (χ0v) is 26.9. The highest BCUT2D eigenvalue weighted by molar-refractivity contribution is 7.51. The molecule has 246 valence electrons. The molecule has 0 aliphatic heterocycles. The number of benzene rings is 2. The molecule has 11 nitrogen and oxygen atoms in total. The molecular formula is C34H43N4O7P. The number of carbonyl (C=O) groups is 3. The predicted molar refractivity (Wildman–Crippen MR) is 173 cm³/mol. The highest BCUT2D eigenvalue weighted by atomic mass is 31.2. The van der Waals surface area contributed by atoms with Gasteiger partial charge in [0.05, 0.1) is 12.2 Å². The van der Waals surface area contributed by atoms with Crippen LogP contribution < -0.4 is 16.0 Å². The van der Waals surface area contributed by atoms with E-state index in [1.54, 1.807) is 31.2 Å². The number of ether oxygens (including phenoxy) is 1. The third-order valence-electron chi connectivity index (χ3n) is 10.1. The standard InChI is InChI=1S/C34H43N4O7P/c1-34(18-26-19-35-28-10-6-5-9-27(26)28,38-33(41)45-31-24-14-21-13-22(16-24)17-25(31)15-21)32(40)36-20-29(23-7-3-2-4-8-23)37-30(39)11-12-46(42,43)44/h2-10,19,21-22,24-25,29,31,35H,11-18,20H2,1H3,(H,36,40)(H,37,39)(H,38,41)(H2,42,43,44)/t21?,22?,24?,25?,29-,31?,34+/m0/s1. The minimum atomic E-state index is -4.35. The minimum absolute atomic E-state index is 0.0136. The van der Waals surface area contributed by atoms with Gasteiger partial charge in [-0.15, -0.1) is 0 Å². The quantitative estimate of drug-likeness (QED) is 0.156. The predicted octanol–water partition coefficient (Wildman–Crippen LogP) is 4.56. The van der Waals surface area contributed by atoms with E-state index in [2.05, 4.69) is 20.9 Å². The molecule has 12 heteroatoms. The van der Waals surface area contributed by atoms with Gasteiger partial charge in [0.1, 0.15) is 11.6 Å². The van der Waals surface area contributed by atoms with Crippen LogP contribution >= 0.6 is 7.60 Å². The molecule has 0 radical (unpaired) electrons. The lowest BCUT2D eigenvalue weighted by Crippen LogP contribution is -2.60. The maximum absolute atomic E-state index is 14.1. The third-order valence-corrected chi connectivity index (χ3v) is 10.9. The van der Waals surface area contributed by atoms with E-state index in [9.17, 15) is 28.7 Å². The minimum Gasteiger partial charge on any atom is -0.446 e. The Labute approximate surface area is 268 Å². The molecule has 6 N–H and O–H groups in total. The molecule has 4 bridgehead atoms. The van der Waals surface area contributed by atoms with Crippen LogP contribution in [0.2, 0.25) is 0 Å². The Balaban J connectivity index is 1.19. The molecule has 1 heterocycles. The Morgan fingerprint density at radius 1 is 0.978 bits per heavy atom. The van der Waals surface area contributed by atoms with Gasteiger partial charge < -0.3 is 35.5 Å². The van der Waals surface area contributed by atoms with Crippen molar-refractivity contribution < 1.29 is 33.5 Å². The summed E-state index contributed by atoms with van der Waals surface area (Å²) in [7, 11) is -4.35. The first-order valence-electron chi connectivity index (χ1n) is 16.2. The average molecular weight is 651 g/mol. The van der Waals surface area contributed by atoms with Gasteiger partial charge in [-0.05, 0) is 79.9 Å². The maximum atomic E-state index is 14.1. The van der Waals surface area contributed by atoms with Gasteiger partial charge in [0, 0.05) is 36.5 Å². The molecule has 0 saturated heterocycles. The summed E-state index contributed by atoms with van der Waals surface area (Å²) in [6.07, 6.45) is 6.01. The Morgan fingerprint density at radius 2 is 1.63 bits per heavy atom. The molecule has 4 aliphatic carbocycles. The Kier molecular flexibility index (Phi) is 9.28. The van der Waals surface area contributed by atoms with Crippen LogP contribution in [0.25, 0.3) is 10.9 Å². The van der Waals surface area contributed by atoms with Gasteiger partial charge in [-0.2, -0.15) is 0 Å². The van der Waals surface area contributed by atoms with E-state index in [1.165, 1.54) is 6.42 Å². The smallest absolute Gasteiger partial charge is 0.408 e. The lowest BCUT2D eigenvalue weighted by molar-refractivity contribution is -0.128. The molecule has 4 aliphatic rings. The first kappa shape index (κ1) is 32.3. The molecule has 4 fully saturated rings. The van der Waals surface area contributed by atoms with E-state index in [-0.39, 0.29) is 25.5 Å². The van der Waals surface area contributed by atoms with Crippen molar-refractivity contribution in [3.05, 3.63) is 71.9 Å². The first-order valence-corrected chi connectivity index (χ1v) is 18.0. The van der Waals surface area contributed by atoms with Crippen molar-refractivity contribution in [2.75, 3.05) is 12.7 Å². The van der Waals surface area contributed by atoms with E-state index >= 15 is 0 Å². The number of aromatic nitrogens is 1. The Morgan fingerprint density at radius 3 is 2.30 bits per heavy atom. The fraction of sp³-hybridized carbons (Fsp3) is 0.500. The summed E-state index contributed by atoms with van der Waals surface area (Å²) < 4.78 is 17.4. The zero-order valence-electron chi connectivity index (χ0n) is 26.0. The first-order chi connectivity index (χ1) is 22.0. The van der Waals surface area contributed by atoms with E-state index in [0.717, 1.165) is 54.0 Å². The summed E-state index contributed by atoms with van der Waals surface area (Å²) in [5.41, 5.74) is 1.08. The number of hydrogen-bond donors (Lipinski definition) is 6. The van der Waals surface area contributed by atoms with E-state index in [1.807, 2.05) is 36.5 Å². The van der Waals surface area contributed by atoms with Crippen molar-refractivity contribution in [1.82, 2.24) is 20.9 Å². The van der Waals surface area contributed by atoms with Crippen LogP contribution in [0, 0.1) is 23.7 Å². The van der Waals surface area contributed by atoms with E-state index < -0.39 is 43.2 Å². The summed E-state index contributed by atoms with van der Waals surface area (Å²) in [5.74, 6) is 1.21. The molecule has 2 atom stereocenters. The van der Waals surface area contributed by atoms with Crippen LogP contribution in [0.3, 0.4) is 0 Å². The fourth-order valence-corrected chi connectivity index (χ4v) is 8.62. The molecule has 7 rings (SSSR count). The molecule has 4 saturated carbocycles. The number of nitrogens with one attached hydrogen (secondary N) is 4. The molecule has 3 aromatic rings. The summed E-state index contributed by atoms with van der Waals surface area (Å²) >= 11 is 0. The molecular weight excluding hydrogens is 607 g/mol. The molecule has 3 amide bonds. The van der Waals surface area contributed by atoms with Gasteiger partial charge in [-0.1, -0.05) is 48.5 Å². The van der Waals surface area contributed by atoms with Crippen molar-refractivity contribution in [3.8, 4) is 0 Å². The lowest BCUT2D eigenvalue weighted by atomic mass is 9.55. The number of H-pyrrole nitrogens is 1. The van der Waals surface area contributed by atoms with Crippen LogP contribution in [-0.4, -0.2) is 57.0 Å². The number of amides is 3. The highest BCUT2D eigenvalue weighted by Crippen LogP contribution is 2.54. The van der Waals surface area contributed by atoms with Crippen molar-refractivity contribution in [2.24, 2.45) is 23.7 Å². The number of alkyl carbamates (subject to hydrolysis) is 1. The van der Waals surface area contributed by atoms with Crippen molar-refractivity contribution in [3.63, 3.8) is 0 Å². The van der Waals surface area contributed by atoms with Crippen LogP contribution in [0.4, 0.5) is 4.79 Å². The summed E-state index contributed by atoms with van der Waals surface area (Å²) in [6.45, 7) is 1.67. The van der Waals surface area contributed by atoms with Gasteiger partial charge in [0.25, 0.3) is 0 Å². The molecule has 46 heavy (non-hydrogen) atoms. The highest BCUT2D eigenvalue weighted by Gasteiger charge is 2.50. The normalized spacial score (nSPS) is 25.4. The monoisotopic (exact) mass is 650 g/mol. The summed E-state index contributed by atoms with van der Waals surface area (Å²) in [5, 5.41) is 9.60. The maximum Gasteiger partial charge on any atom is 0.408 e. The van der Waals surface area contributed by atoms with Crippen molar-refractivity contribution in [2.45, 2.75) is 69.6 Å². The van der Waals surface area contributed by atoms with E-state index in [0.29, 0.717) is 17.4 Å². The van der Waals surface area contributed by atoms with Crippen LogP contribution in [-0.2, 0) is 25.3 Å². The van der Waals surface area contributed by atoms with Crippen molar-refractivity contribution in [1.29, 1.82) is 0 Å². The van der Waals surface area contributed by atoms with Gasteiger partial charge >= 0.3 is 13.7 Å². The topological polar surface area (TPSA) is 170 Å². The number of rotatable bonds is 12. The van der Waals surface area contributed by atoms with Gasteiger partial charge in [0.2, 0.25) is 11.8 Å². The molecule has 0 spiro atoms. The molecule has 1 aromatic heterocycles. The Bertz CT molecular complexity index is 1590. The zero-order chi connectivity index (χ0) is 32.5. The lowest BCUT2D eigenvalue weighted by Gasteiger charge is -2.53. The van der Waals surface area contributed by atoms with Crippen LogP contribution in [0.15, 0.2) is 60.8 Å². The number of carbonyl (C=O) groups excluding carboxylic acids is 3. The van der Waals surface area contributed by atoms with Crippen LogP contribution in [0.1, 0.15) is 62.6 Å². The summed E-state index contributed by atoms with van der Waals surface area (Å²) in [4.78, 5) is 62.0. The number of para-hydroxylation sites is 1. The second kappa shape index (κ2) is 13.2. The second-order valence-corrected chi connectivity index (χ2v) is 15.4. The Hall–Kier alpha value is -3.66. The van der Waals surface area contributed by atoms with Gasteiger partial charge in [-0.3, -0.25) is 14.2 Å². The van der Waals surface area contributed by atoms with Crippen molar-refractivity contribution >= 4 is 36.4 Å². The SMILES string of the molecule is C[C@](Cc1c[nH]c2ccccc12)(NC(=O)OC1C2CC3CC(C2)CC1C3)C(=O)NC[C@H](NC(=O)CCP(=O)(O)O)c1ccccc1. The largest absolute Gasteiger partial charge is 0.446 e. The summed E-state index contributed by atoms with van der Waals surface area (Å²) in [6, 6.07) is 16.1. The number of hydrogen-bond acceptors (Lipinski definition) is 5. The average Bonchev–Trinajstić information content (AvgIpc) is 3.41. The van der Waals surface area contributed by atoms with Gasteiger partial charge in [-0.25, -0.2) is 4.79 Å². The number of fused-ring (bicyclic) bond motifs is 1. The molecule has 2 aromatic carbocycles.